The Hall–Kier alpha value is -1.68. The van der Waals surface area contributed by atoms with E-state index in [1.807, 2.05) is 20.8 Å². The average Bonchev–Trinajstić information content (AvgIpc) is 2.41. The molecule has 0 aliphatic carbocycles. The third kappa shape index (κ3) is 2.75. The summed E-state index contributed by atoms with van der Waals surface area (Å²) in [6.07, 6.45) is 0. The van der Waals surface area contributed by atoms with Gasteiger partial charge in [-0.15, -0.1) is 0 Å². The predicted octanol–water partition coefficient (Wildman–Crippen LogP) is 4.41. The van der Waals surface area contributed by atoms with Gasteiger partial charge in [0.1, 0.15) is 17.5 Å². The molecule has 3 nitrogen and oxygen atoms in total. The number of aromatic nitrogens is 2. The van der Waals surface area contributed by atoms with Crippen molar-refractivity contribution in [2.75, 3.05) is 12.4 Å². The first-order valence-electron chi connectivity index (χ1n) is 6.45. The summed E-state index contributed by atoms with van der Waals surface area (Å²) >= 11 is 6.18. The lowest BCUT2D eigenvalue weighted by molar-refractivity contribution is 0.628. The molecule has 0 spiro atoms. The number of halogens is 2. The highest BCUT2D eigenvalue weighted by Crippen LogP contribution is 2.32. The van der Waals surface area contributed by atoms with Crippen LogP contribution >= 0.6 is 11.6 Å². The first-order chi connectivity index (χ1) is 9.43. The van der Waals surface area contributed by atoms with Crippen molar-refractivity contribution in [3.63, 3.8) is 0 Å². The normalized spacial score (nSPS) is 10.9. The smallest absolute Gasteiger partial charge is 0.133 e. The minimum absolute atomic E-state index is 0.175. The molecule has 106 valence electrons. The second-order valence-corrected chi connectivity index (χ2v) is 5.34. The lowest BCUT2D eigenvalue weighted by Crippen LogP contribution is -2.06. The second kappa shape index (κ2) is 5.75. The van der Waals surface area contributed by atoms with Gasteiger partial charge in [0.05, 0.1) is 10.7 Å². The van der Waals surface area contributed by atoms with Gasteiger partial charge in [0.25, 0.3) is 0 Å². The van der Waals surface area contributed by atoms with Crippen LogP contribution in [0.2, 0.25) is 5.02 Å². The Morgan fingerprint density at radius 2 is 1.95 bits per heavy atom. The van der Waals surface area contributed by atoms with Crippen LogP contribution in [0.25, 0.3) is 11.3 Å². The fourth-order valence-electron chi connectivity index (χ4n) is 1.98. The van der Waals surface area contributed by atoms with Crippen LogP contribution in [0.15, 0.2) is 18.2 Å². The molecule has 1 heterocycles. The summed E-state index contributed by atoms with van der Waals surface area (Å²) in [5, 5.41) is 3.52. The van der Waals surface area contributed by atoms with Crippen molar-refractivity contribution in [3.05, 3.63) is 40.4 Å². The summed E-state index contributed by atoms with van der Waals surface area (Å²) < 4.78 is 13.5. The van der Waals surface area contributed by atoms with Crippen LogP contribution in [0, 0.1) is 12.7 Å². The van der Waals surface area contributed by atoms with Crippen LogP contribution in [-0.2, 0) is 0 Å². The van der Waals surface area contributed by atoms with Crippen LogP contribution in [0.4, 0.5) is 10.2 Å². The van der Waals surface area contributed by atoms with E-state index in [2.05, 4.69) is 15.3 Å². The molecule has 1 aromatic carbocycles. The summed E-state index contributed by atoms with van der Waals surface area (Å²) in [6, 6.07) is 4.29. The molecule has 0 atom stereocenters. The van der Waals surface area contributed by atoms with Gasteiger partial charge in [0, 0.05) is 24.1 Å². The molecule has 1 N–H and O–H groups in total. The third-order valence-electron chi connectivity index (χ3n) is 3.10. The lowest BCUT2D eigenvalue weighted by atomic mass is 10.1. The van der Waals surface area contributed by atoms with Crippen molar-refractivity contribution < 1.29 is 4.39 Å². The maximum atomic E-state index is 13.5. The highest BCUT2D eigenvalue weighted by Gasteiger charge is 2.16. The van der Waals surface area contributed by atoms with Gasteiger partial charge in [0.2, 0.25) is 0 Å². The Morgan fingerprint density at radius 3 is 2.55 bits per heavy atom. The maximum Gasteiger partial charge on any atom is 0.133 e. The molecule has 0 fully saturated rings. The van der Waals surface area contributed by atoms with Gasteiger partial charge in [0.15, 0.2) is 0 Å². The Bertz CT molecular complexity index is 641. The fourth-order valence-corrected chi connectivity index (χ4v) is 2.18. The molecule has 5 heteroatoms. The molecule has 0 bridgehead atoms. The molecule has 1 aromatic heterocycles. The summed E-state index contributed by atoms with van der Waals surface area (Å²) in [6.45, 7) is 5.93. The first-order valence-corrected chi connectivity index (χ1v) is 6.83. The van der Waals surface area contributed by atoms with Gasteiger partial charge < -0.3 is 5.32 Å². The standard InChI is InChI=1S/C15H17ClFN3/c1-8(2)14-19-13(9(3)15(18-4)20-14)11-7-10(17)5-6-12(11)16/h5-8H,1-4H3,(H,18,19,20). The van der Waals surface area contributed by atoms with Crippen molar-refractivity contribution in [1.29, 1.82) is 0 Å². The summed E-state index contributed by atoms with van der Waals surface area (Å²) in [5.41, 5.74) is 2.10. The number of hydrogen-bond donors (Lipinski definition) is 1. The lowest BCUT2D eigenvalue weighted by Gasteiger charge is -2.15. The third-order valence-corrected chi connectivity index (χ3v) is 3.43. The van der Waals surface area contributed by atoms with E-state index < -0.39 is 0 Å². The minimum Gasteiger partial charge on any atom is -0.373 e. The van der Waals surface area contributed by atoms with Crippen LogP contribution in [0.3, 0.4) is 0 Å². The van der Waals surface area contributed by atoms with Crippen molar-refractivity contribution in [3.8, 4) is 11.3 Å². The van der Waals surface area contributed by atoms with E-state index in [1.54, 1.807) is 13.1 Å². The van der Waals surface area contributed by atoms with Gasteiger partial charge in [-0.25, -0.2) is 14.4 Å². The van der Waals surface area contributed by atoms with Crippen molar-refractivity contribution in [2.45, 2.75) is 26.7 Å². The Morgan fingerprint density at radius 1 is 1.25 bits per heavy atom. The molecule has 0 amide bonds. The number of nitrogens with one attached hydrogen (secondary N) is 1. The van der Waals surface area contributed by atoms with Crippen molar-refractivity contribution >= 4 is 17.4 Å². The molecule has 0 saturated carbocycles. The van der Waals surface area contributed by atoms with Gasteiger partial charge in [-0.2, -0.15) is 0 Å². The first kappa shape index (κ1) is 14.7. The summed E-state index contributed by atoms with van der Waals surface area (Å²) in [7, 11) is 1.80. The zero-order valence-electron chi connectivity index (χ0n) is 12.0. The highest BCUT2D eigenvalue weighted by atomic mass is 35.5. The largest absolute Gasteiger partial charge is 0.373 e. The molecule has 0 aliphatic heterocycles. The quantitative estimate of drug-likeness (QED) is 0.911. The van der Waals surface area contributed by atoms with Gasteiger partial charge in [-0.3, -0.25) is 0 Å². The molecule has 0 aliphatic rings. The Labute approximate surface area is 123 Å². The van der Waals surface area contributed by atoms with Crippen LogP contribution < -0.4 is 5.32 Å². The Balaban J connectivity index is 2.72. The number of hydrogen-bond acceptors (Lipinski definition) is 3. The van der Waals surface area contributed by atoms with Crippen LogP contribution in [-0.4, -0.2) is 17.0 Å². The second-order valence-electron chi connectivity index (χ2n) is 4.93. The topological polar surface area (TPSA) is 37.8 Å². The molecule has 2 rings (SSSR count). The molecule has 2 aromatic rings. The number of nitrogens with zero attached hydrogens (tertiary/aromatic N) is 2. The van der Waals surface area contributed by atoms with Crippen molar-refractivity contribution in [1.82, 2.24) is 9.97 Å². The molecule has 0 saturated heterocycles. The van der Waals surface area contributed by atoms with Gasteiger partial charge in [-0.1, -0.05) is 25.4 Å². The molecule has 0 unspecified atom stereocenters. The molecular formula is C15H17ClFN3. The van der Waals surface area contributed by atoms with E-state index in [-0.39, 0.29) is 11.7 Å². The fraction of sp³-hybridized carbons (Fsp3) is 0.333. The van der Waals surface area contributed by atoms with Gasteiger partial charge in [-0.05, 0) is 25.1 Å². The number of rotatable bonds is 3. The highest BCUT2D eigenvalue weighted by molar-refractivity contribution is 6.33. The van der Waals surface area contributed by atoms with E-state index in [4.69, 9.17) is 11.6 Å². The van der Waals surface area contributed by atoms with Crippen molar-refractivity contribution in [2.24, 2.45) is 0 Å². The zero-order chi connectivity index (χ0) is 14.9. The van der Waals surface area contributed by atoms with Gasteiger partial charge >= 0.3 is 0 Å². The van der Waals surface area contributed by atoms with E-state index in [0.29, 0.717) is 22.1 Å². The van der Waals surface area contributed by atoms with Crippen LogP contribution in [0.5, 0.6) is 0 Å². The van der Waals surface area contributed by atoms with E-state index in [0.717, 1.165) is 11.4 Å². The minimum atomic E-state index is -0.334. The maximum absolute atomic E-state index is 13.5. The van der Waals surface area contributed by atoms with E-state index in [9.17, 15) is 4.39 Å². The summed E-state index contributed by atoms with van der Waals surface area (Å²) in [5.74, 6) is 1.28. The molecule has 20 heavy (non-hydrogen) atoms. The monoisotopic (exact) mass is 293 g/mol. The van der Waals surface area contributed by atoms with E-state index in [1.165, 1.54) is 12.1 Å². The average molecular weight is 294 g/mol. The Kier molecular flexibility index (Phi) is 4.23. The molecule has 0 radical (unpaired) electrons. The van der Waals surface area contributed by atoms with E-state index >= 15 is 0 Å². The number of benzene rings is 1. The molecular weight excluding hydrogens is 277 g/mol. The summed E-state index contributed by atoms with van der Waals surface area (Å²) in [4.78, 5) is 9.02. The number of anilines is 1. The van der Waals surface area contributed by atoms with Crippen LogP contribution in [0.1, 0.15) is 31.2 Å². The zero-order valence-corrected chi connectivity index (χ0v) is 12.7. The SMILES string of the molecule is CNc1nc(C(C)C)nc(-c2cc(F)ccc2Cl)c1C. The predicted molar refractivity (Wildman–Crippen MR) is 80.8 cm³/mol.